The zero-order valence-corrected chi connectivity index (χ0v) is 14.1. The first kappa shape index (κ1) is 15.0. The molecule has 0 saturated heterocycles. The number of tetrazole rings is 1. The maximum atomic E-state index is 12.7. The highest BCUT2D eigenvalue weighted by molar-refractivity contribution is 5.99. The maximum absolute atomic E-state index is 12.7. The first-order chi connectivity index (χ1) is 12.8. The molecule has 0 fully saturated rings. The quantitative estimate of drug-likeness (QED) is 0.772. The van der Waals surface area contributed by atoms with Crippen LogP contribution in [0.4, 0.5) is 5.95 Å². The number of nitrogens with zero attached hydrogens (tertiary/aromatic N) is 4. The molecule has 0 spiro atoms. The van der Waals surface area contributed by atoms with Gasteiger partial charge in [0, 0.05) is 17.7 Å². The minimum atomic E-state index is -0.270. The SMILES string of the molecule is O=C1CCCC2=C1[C@H](c1ccc(-c3ccccc3)cc1)n1nnnc1N2. The predicted molar refractivity (Wildman–Crippen MR) is 97.3 cm³/mol. The largest absolute Gasteiger partial charge is 0.326 e. The van der Waals surface area contributed by atoms with E-state index in [9.17, 15) is 4.79 Å². The Bertz CT molecular complexity index is 1000. The molecule has 1 aromatic heterocycles. The summed E-state index contributed by atoms with van der Waals surface area (Å²) in [6.45, 7) is 0. The van der Waals surface area contributed by atoms with Gasteiger partial charge in [-0.2, -0.15) is 4.68 Å². The van der Waals surface area contributed by atoms with Gasteiger partial charge in [-0.1, -0.05) is 59.7 Å². The van der Waals surface area contributed by atoms with Gasteiger partial charge >= 0.3 is 0 Å². The molecule has 0 saturated carbocycles. The molecule has 2 aromatic carbocycles. The summed E-state index contributed by atoms with van der Waals surface area (Å²) >= 11 is 0. The van der Waals surface area contributed by atoms with Crippen molar-refractivity contribution in [1.29, 1.82) is 0 Å². The molecule has 26 heavy (non-hydrogen) atoms. The van der Waals surface area contributed by atoms with Crippen LogP contribution in [-0.2, 0) is 4.79 Å². The van der Waals surface area contributed by atoms with Crippen LogP contribution < -0.4 is 5.32 Å². The standard InChI is InChI=1S/C20H17N5O/c26-17-8-4-7-16-18(17)19(25-20(21-16)22-23-24-25)15-11-9-14(10-12-15)13-5-2-1-3-6-13/h1-3,5-6,9-12,19H,4,7-8H2,(H,21,22,24)/t19-/m0/s1. The van der Waals surface area contributed by atoms with Gasteiger partial charge in [0.25, 0.3) is 0 Å². The van der Waals surface area contributed by atoms with E-state index < -0.39 is 0 Å². The van der Waals surface area contributed by atoms with E-state index in [1.54, 1.807) is 4.68 Å². The molecule has 6 nitrogen and oxygen atoms in total. The van der Waals surface area contributed by atoms with E-state index in [1.165, 1.54) is 5.56 Å². The summed E-state index contributed by atoms with van der Waals surface area (Å²) in [5.74, 6) is 0.771. The number of fused-ring (bicyclic) bond motifs is 1. The number of anilines is 1. The van der Waals surface area contributed by atoms with Gasteiger partial charge in [-0.3, -0.25) is 4.79 Å². The van der Waals surface area contributed by atoms with Gasteiger partial charge in [-0.25, -0.2) is 0 Å². The Kier molecular flexibility index (Phi) is 3.41. The van der Waals surface area contributed by atoms with Crippen LogP contribution in [-0.4, -0.2) is 26.0 Å². The molecule has 0 bridgehead atoms. The molecule has 0 amide bonds. The van der Waals surface area contributed by atoms with Crippen molar-refractivity contribution in [3.63, 3.8) is 0 Å². The molecule has 2 aliphatic rings. The van der Waals surface area contributed by atoms with Crippen molar-refractivity contribution in [2.75, 3.05) is 5.32 Å². The Labute approximate surface area is 150 Å². The lowest BCUT2D eigenvalue weighted by atomic mass is 9.85. The van der Waals surface area contributed by atoms with E-state index >= 15 is 0 Å². The van der Waals surface area contributed by atoms with Crippen molar-refractivity contribution in [3.05, 3.63) is 71.4 Å². The van der Waals surface area contributed by atoms with Crippen molar-refractivity contribution >= 4 is 11.7 Å². The van der Waals surface area contributed by atoms with E-state index in [0.717, 1.165) is 35.2 Å². The number of ketones is 1. The topological polar surface area (TPSA) is 72.7 Å². The first-order valence-electron chi connectivity index (χ1n) is 8.78. The van der Waals surface area contributed by atoms with Gasteiger partial charge < -0.3 is 5.32 Å². The van der Waals surface area contributed by atoms with E-state index in [-0.39, 0.29) is 11.8 Å². The molecule has 6 heteroatoms. The summed E-state index contributed by atoms with van der Waals surface area (Å²) in [7, 11) is 0. The van der Waals surface area contributed by atoms with Gasteiger partial charge in [-0.05, 0) is 40.0 Å². The lowest BCUT2D eigenvalue weighted by Gasteiger charge is -2.31. The Morgan fingerprint density at radius 2 is 1.73 bits per heavy atom. The Morgan fingerprint density at radius 1 is 0.962 bits per heavy atom. The van der Waals surface area contributed by atoms with Crippen LogP contribution in [0.1, 0.15) is 30.9 Å². The molecule has 128 valence electrons. The van der Waals surface area contributed by atoms with Gasteiger partial charge in [0.15, 0.2) is 5.78 Å². The van der Waals surface area contributed by atoms with Crippen LogP contribution in [0, 0.1) is 0 Å². The van der Waals surface area contributed by atoms with Crippen LogP contribution in [0.5, 0.6) is 0 Å². The number of carbonyl (C=O) groups is 1. The third-order valence-corrected chi connectivity index (χ3v) is 5.06. The fourth-order valence-electron chi connectivity index (χ4n) is 3.81. The first-order valence-corrected chi connectivity index (χ1v) is 8.78. The van der Waals surface area contributed by atoms with Crippen LogP contribution in [0.25, 0.3) is 11.1 Å². The van der Waals surface area contributed by atoms with Crippen LogP contribution in [0.3, 0.4) is 0 Å². The summed E-state index contributed by atoms with van der Waals surface area (Å²) in [6, 6.07) is 18.3. The molecule has 1 N–H and O–H groups in total. The van der Waals surface area contributed by atoms with Gasteiger partial charge in [0.1, 0.15) is 6.04 Å². The second-order valence-electron chi connectivity index (χ2n) is 6.63. The average molecular weight is 343 g/mol. The highest BCUT2D eigenvalue weighted by atomic mass is 16.1. The van der Waals surface area contributed by atoms with Crippen LogP contribution in [0.15, 0.2) is 65.9 Å². The Balaban J connectivity index is 1.60. The Hall–Kier alpha value is -3.28. The van der Waals surface area contributed by atoms with Crippen LogP contribution in [0.2, 0.25) is 0 Å². The van der Waals surface area contributed by atoms with Crippen molar-refractivity contribution in [3.8, 4) is 11.1 Å². The minimum Gasteiger partial charge on any atom is -0.326 e. The highest BCUT2D eigenvalue weighted by Crippen LogP contribution is 2.39. The average Bonchev–Trinajstić information content (AvgIpc) is 3.16. The number of hydrogen-bond donors (Lipinski definition) is 1. The molecular formula is C20H17N5O. The van der Waals surface area contributed by atoms with E-state index in [4.69, 9.17) is 0 Å². The van der Waals surface area contributed by atoms with Crippen molar-refractivity contribution in [2.24, 2.45) is 0 Å². The lowest BCUT2D eigenvalue weighted by Crippen LogP contribution is -2.31. The molecular weight excluding hydrogens is 326 g/mol. The minimum absolute atomic E-state index is 0.178. The van der Waals surface area contributed by atoms with Crippen molar-refractivity contribution < 1.29 is 4.79 Å². The zero-order valence-electron chi connectivity index (χ0n) is 14.1. The summed E-state index contributed by atoms with van der Waals surface area (Å²) in [5.41, 5.74) is 5.08. The number of benzene rings is 2. The number of nitrogens with one attached hydrogen (secondary N) is 1. The third kappa shape index (κ3) is 2.34. The van der Waals surface area contributed by atoms with E-state index in [0.29, 0.717) is 12.4 Å². The van der Waals surface area contributed by atoms with Gasteiger partial charge in [-0.15, -0.1) is 0 Å². The molecule has 5 rings (SSSR count). The van der Waals surface area contributed by atoms with E-state index in [2.05, 4.69) is 57.2 Å². The molecule has 0 unspecified atom stereocenters. The number of carbonyl (C=O) groups excluding carboxylic acids is 1. The fraction of sp³-hybridized carbons (Fsp3) is 0.200. The second-order valence-corrected chi connectivity index (χ2v) is 6.63. The van der Waals surface area contributed by atoms with E-state index in [1.807, 2.05) is 18.2 Å². The van der Waals surface area contributed by atoms with Gasteiger partial charge in [0.05, 0.1) is 0 Å². The number of Topliss-reactive ketones (excluding diaryl/α,β-unsaturated/α-hetero) is 1. The molecule has 1 aliphatic heterocycles. The molecule has 0 radical (unpaired) electrons. The molecule has 3 aromatic rings. The monoisotopic (exact) mass is 343 g/mol. The summed E-state index contributed by atoms with van der Waals surface area (Å²) in [5, 5.41) is 15.2. The molecule has 2 heterocycles. The van der Waals surface area contributed by atoms with Crippen molar-refractivity contribution in [1.82, 2.24) is 20.2 Å². The second kappa shape index (κ2) is 5.91. The summed E-state index contributed by atoms with van der Waals surface area (Å²) < 4.78 is 1.71. The smallest absolute Gasteiger partial charge is 0.248 e. The molecule has 1 aliphatic carbocycles. The number of allylic oxidation sites excluding steroid dienone is 2. The third-order valence-electron chi connectivity index (χ3n) is 5.06. The highest BCUT2D eigenvalue weighted by Gasteiger charge is 2.36. The predicted octanol–water partition coefficient (Wildman–Crippen LogP) is 3.36. The normalized spacial score (nSPS) is 18.9. The lowest BCUT2D eigenvalue weighted by molar-refractivity contribution is -0.116. The zero-order chi connectivity index (χ0) is 17.5. The summed E-state index contributed by atoms with van der Waals surface area (Å²) in [6.07, 6.45) is 2.30. The van der Waals surface area contributed by atoms with Crippen molar-refractivity contribution in [2.45, 2.75) is 25.3 Å². The summed E-state index contributed by atoms with van der Waals surface area (Å²) in [4.78, 5) is 12.7. The Morgan fingerprint density at radius 3 is 2.54 bits per heavy atom. The number of hydrogen-bond acceptors (Lipinski definition) is 5. The van der Waals surface area contributed by atoms with Gasteiger partial charge in [0.2, 0.25) is 5.95 Å². The number of aromatic nitrogens is 4. The fourth-order valence-corrected chi connectivity index (χ4v) is 3.81. The van der Waals surface area contributed by atoms with Crippen LogP contribution >= 0.6 is 0 Å². The number of rotatable bonds is 2. The molecule has 1 atom stereocenters. The maximum Gasteiger partial charge on any atom is 0.248 e.